The Morgan fingerprint density at radius 2 is 2.31 bits per heavy atom. The van der Waals surface area contributed by atoms with Crippen LogP contribution in [0.3, 0.4) is 0 Å². The van der Waals surface area contributed by atoms with E-state index < -0.39 is 0 Å². The highest BCUT2D eigenvalue weighted by Crippen LogP contribution is 2.04. The molecule has 0 bridgehead atoms. The molecule has 0 N–H and O–H groups in total. The Bertz CT molecular complexity index is 399. The number of rotatable bonds is 4. The van der Waals surface area contributed by atoms with E-state index in [1.54, 1.807) is 37.7 Å². The Morgan fingerprint density at radius 1 is 1.56 bits per heavy atom. The Labute approximate surface area is 94.6 Å². The van der Waals surface area contributed by atoms with Crippen LogP contribution in [0, 0.1) is 0 Å². The molecule has 0 fully saturated rings. The zero-order chi connectivity index (χ0) is 12.0. The van der Waals surface area contributed by atoms with Gasteiger partial charge in [-0.25, -0.2) is 0 Å². The van der Waals surface area contributed by atoms with Crippen molar-refractivity contribution in [1.82, 2.24) is 9.88 Å². The van der Waals surface area contributed by atoms with Gasteiger partial charge in [0, 0.05) is 19.8 Å². The fraction of sp³-hybridized carbons (Fsp3) is 0.250. The van der Waals surface area contributed by atoms with Crippen LogP contribution in [0.25, 0.3) is 6.08 Å². The number of carbonyl (C=O) groups is 1. The van der Waals surface area contributed by atoms with Gasteiger partial charge in [-0.3, -0.25) is 14.6 Å². The maximum atomic E-state index is 11.7. The summed E-state index contributed by atoms with van der Waals surface area (Å²) in [6.07, 6.45) is 4.68. The van der Waals surface area contributed by atoms with E-state index in [0.717, 1.165) is 0 Å². The predicted molar refractivity (Wildman–Crippen MR) is 61.2 cm³/mol. The minimum absolute atomic E-state index is 0.0111. The van der Waals surface area contributed by atoms with Crippen molar-refractivity contribution in [2.75, 3.05) is 13.6 Å². The molecular formula is C12H13N2O2. The molecule has 83 valence electrons. The number of hydrogen-bond acceptors (Lipinski definition) is 3. The van der Waals surface area contributed by atoms with Crippen LogP contribution in [0.2, 0.25) is 0 Å². The van der Waals surface area contributed by atoms with E-state index in [9.17, 15) is 9.59 Å². The highest BCUT2D eigenvalue weighted by molar-refractivity contribution is 6.14. The molecule has 1 heterocycles. The van der Waals surface area contributed by atoms with Crippen molar-refractivity contribution in [3.05, 3.63) is 35.7 Å². The Balaban J connectivity index is 2.95. The lowest BCUT2D eigenvalue weighted by Gasteiger charge is -2.13. The molecule has 0 aliphatic carbocycles. The molecule has 1 aromatic heterocycles. The molecule has 0 aliphatic rings. The maximum Gasteiger partial charge on any atom is 0.257 e. The highest BCUT2D eigenvalue weighted by Gasteiger charge is 2.13. The van der Waals surface area contributed by atoms with Crippen molar-refractivity contribution < 1.29 is 9.59 Å². The summed E-state index contributed by atoms with van der Waals surface area (Å²) in [5.41, 5.74) is 0.557. The Morgan fingerprint density at radius 3 is 2.81 bits per heavy atom. The van der Waals surface area contributed by atoms with E-state index in [2.05, 4.69) is 4.98 Å². The Kier molecular flexibility index (Phi) is 4.39. The minimum Gasteiger partial charge on any atom is -0.342 e. The molecule has 0 spiro atoms. The van der Waals surface area contributed by atoms with E-state index in [-0.39, 0.29) is 11.5 Å². The SMILES string of the molecule is CCN(C)C(=O)/C([C]=O)=C/c1ccccn1. The zero-order valence-electron chi connectivity index (χ0n) is 9.30. The van der Waals surface area contributed by atoms with Crippen molar-refractivity contribution in [1.29, 1.82) is 0 Å². The number of nitrogens with zero attached hydrogens (tertiary/aromatic N) is 2. The lowest BCUT2D eigenvalue weighted by Crippen LogP contribution is -2.28. The van der Waals surface area contributed by atoms with E-state index >= 15 is 0 Å². The van der Waals surface area contributed by atoms with Gasteiger partial charge in [0.2, 0.25) is 6.29 Å². The molecule has 1 rings (SSSR count). The van der Waals surface area contributed by atoms with Gasteiger partial charge in [-0.15, -0.1) is 0 Å². The minimum atomic E-state index is -0.344. The van der Waals surface area contributed by atoms with Crippen molar-refractivity contribution in [2.45, 2.75) is 6.92 Å². The number of amides is 1. The predicted octanol–water partition coefficient (Wildman–Crippen LogP) is 1.05. The van der Waals surface area contributed by atoms with Crippen molar-refractivity contribution in [3.8, 4) is 0 Å². The number of likely N-dealkylation sites (N-methyl/N-ethyl adjacent to an activating group) is 1. The quantitative estimate of drug-likeness (QED) is 0.430. The second-order valence-corrected chi connectivity index (χ2v) is 3.23. The lowest BCUT2D eigenvalue weighted by molar-refractivity contribution is -0.125. The fourth-order valence-electron chi connectivity index (χ4n) is 1.09. The van der Waals surface area contributed by atoms with E-state index in [1.807, 2.05) is 6.92 Å². The molecule has 0 aromatic carbocycles. The van der Waals surface area contributed by atoms with Gasteiger partial charge in [-0.05, 0) is 25.1 Å². The molecule has 4 nitrogen and oxygen atoms in total. The van der Waals surface area contributed by atoms with Gasteiger partial charge >= 0.3 is 0 Å². The van der Waals surface area contributed by atoms with Gasteiger partial charge in [-0.2, -0.15) is 0 Å². The summed E-state index contributed by atoms with van der Waals surface area (Å²) in [6.45, 7) is 2.38. The number of pyridine rings is 1. The largest absolute Gasteiger partial charge is 0.342 e. The third-order valence-corrected chi connectivity index (χ3v) is 2.14. The molecule has 1 aromatic rings. The summed E-state index contributed by atoms with van der Waals surface area (Å²) in [5, 5.41) is 0. The third kappa shape index (κ3) is 3.02. The third-order valence-electron chi connectivity index (χ3n) is 2.14. The molecule has 1 amide bonds. The summed E-state index contributed by atoms with van der Waals surface area (Å²) in [5.74, 6) is -0.344. The molecule has 0 aliphatic heterocycles. The van der Waals surface area contributed by atoms with Gasteiger partial charge < -0.3 is 4.90 Å². The molecule has 0 saturated carbocycles. The van der Waals surface area contributed by atoms with Crippen molar-refractivity contribution in [2.24, 2.45) is 0 Å². The molecule has 0 saturated heterocycles. The monoisotopic (exact) mass is 217 g/mol. The molecule has 16 heavy (non-hydrogen) atoms. The maximum absolute atomic E-state index is 11.7. The van der Waals surface area contributed by atoms with Gasteiger partial charge in [0.25, 0.3) is 5.91 Å². The number of carbonyl (C=O) groups excluding carboxylic acids is 2. The summed E-state index contributed by atoms with van der Waals surface area (Å²) in [4.78, 5) is 27.8. The van der Waals surface area contributed by atoms with E-state index in [0.29, 0.717) is 12.2 Å². The number of hydrogen-bond donors (Lipinski definition) is 0. The van der Waals surface area contributed by atoms with Crippen LogP contribution >= 0.6 is 0 Å². The van der Waals surface area contributed by atoms with Crippen molar-refractivity contribution >= 4 is 18.3 Å². The molecule has 0 unspecified atom stereocenters. The van der Waals surface area contributed by atoms with Crippen LogP contribution in [-0.2, 0) is 9.59 Å². The summed E-state index contributed by atoms with van der Waals surface area (Å²) in [7, 11) is 1.63. The number of aromatic nitrogens is 1. The van der Waals surface area contributed by atoms with Gasteiger partial charge in [0.15, 0.2) is 0 Å². The fourth-order valence-corrected chi connectivity index (χ4v) is 1.09. The van der Waals surface area contributed by atoms with Crippen LogP contribution in [0.5, 0.6) is 0 Å². The van der Waals surface area contributed by atoms with E-state index in [4.69, 9.17) is 0 Å². The van der Waals surface area contributed by atoms with Crippen LogP contribution in [-0.4, -0.2) is 35.7 Å². The summed E-state index contributed by atoms with van der Waals surface area (Å²) in [6, 6.07) is 5.27. The first-order chi connectivity index (χ1) is 7.69. The van der Waals surface area contributed by atoms with E-state index in [1.165, 1.54) is 11.0 Å². The average Bonchev–Trinajstić information content (AvgIpc) is 2.35. The van der Waals surface area contributed by atoms with Crippen LogP contribution < -0.4 is 0 Å². The second kappa shape index (κ2) is 5.80. The topological polar surface area (TPSA) is 50.3 Å². The molecule has 1 radical (unpaired) electrons. The first-order valence-corrected chi connectivity index (χ1v) is 4.95. The lowest BCUT2D eigenvalue weighted by atomic mass is 10.2. The first-order valence-electron chi connectivity index (χ1n) is 4.95. The van der Waals surface area contributed by atoms with Crippen LogP contribution in [0.1, 0.15) is 12.6 Å². The molecular weight excluding hydrogens is 204 g/mol. The summed E-state index contributed by atoms with van der Waals surface area (Å²) < 4.78 is 0. The smallest absolute Gasteiger partial charge is 0.257 e. The zero-order valence-corrected chi connectivity index (χ0v) is 9.30. The second-order valence-electron chi connectivity index (χ2n) is 3.23. The van der Waals surface area contributed by atoms with Crippen molar-refractivity contribution in [3.63, 3.8) is 0 Å². The molecule has 4 heteroatoms. The normalized spacial score (nSPS) is 11.0. The van der Waals surface area contributed by atoms with Crippen LogP contribution in [0.4, 0.5) is 0 Å². The standard InChI is InChI=1S/C12H13N2O2/c1-3-14(2)12(16)10(9-15)8-11-6-4-5-7-13-11/h4-8H,3H2,1-2H3/b10-8+. The average molecular weight is 217 g/mol. The van der Waals surface area contributed by atoms with Gasteiger partial charge in [0.05, 0.1) is 11.3 Å². The first kappa shape index (κ1) is 12.1. The Hall–Kier alpha value is -1.97. The highest BCUT2D eigenvalue weighted by atomic mass is 16.2. The summed E-state index contributed by atoms with van der Waals surface area (Å²) >= 11 is 0. The van der Waals surface area contributed by atoms with Gasteiger partial charge in [-0.1, -0.05) is 6.07 Å². The van der Waals surface area contributed by atoms with Gasteiger partial charge in [0.1, 0.15) is 0 Å². The molecule has 0 atom stereocenters. The van der Waals surface area contributed by atoms with Crippen LogP contribution in [0.15, 0.2) is 30.0 Å².